The number of likely N-dealkylation sites (tertiary alicyclic amines) is 1. The highest BCUT2D eigenvalue weighted by Gasteiger charge is 2.36. The summed E-state index contributed by atoms with van der Waals surface area (Å²) in [4.78, 5) is 16.5. The Morgan fingerprint density at radius 3 is 2.50 bits per heavy atom. The van der Waals surface area contributed by atoms with Gasteiger partial charge in [-0.2, -0.15) is 0 Å². The largest absolute Gasteiger partial charge is 0.379 e. The first-order valence-electron chi connectivity index (χ1n) is 7.02. The summed E-state index contributed by atoms with van der Waals surface area (Å²) in [7, 11) is 0. The molecule has 0 radical (unpaired) electrons. The molecule has 0 spiro atoms. The third-order valence-electron chi connectivity index (χ3n) is 4.03. The van der Waals surface area contributed by atoms with Crippen molar-refractivity contribution in [3.05, 3.63) is 0 Å². The maximum absolute atomic E-state index is 12.0. The second-order valence-corrected chi connectivity index (χ2v) is 5.38. The van der Waals surface area contributed by atoms with Crippen LogP contribution in [0.5, 0.6) is 0 Å². The van der Waals surface area contributed by atoms with Crippen molar-refractivity contribution >= 4 is 30.7 Å². The average molecular weight is 328 g/mol. The molecule has 0 aromatic rings. The fourth-order valence-electron chi connectivity index (χ4n) is 2.95. The quantitative estimate of drug-likeness (QED) is 0.827. The molecule has 20 heavy (non-hydrogen) atoms. The molecule has 2 N–H and O–H groups in total. The molecule has 2 fully saturated rings. The first kappa shape index (κ1) is 19.9. The van der Waals surface area contributed by atoms with Crippen LogP contribution in [0.3, 0.4) is 0 Å². The van der Waals surface area contributed by atoms with Gasteiger partial charge in [-0.25, -0.2) is 0 Å². The van der Waals surface area contributed by atoms with Crippen LogP contribution in [-0.4, -0.2) is 67.7 Å². The van der Waals surface area contributed by atoms with Crippen LogP contribution in [0.25, 0.3) is 0 Å². The second kappa shape index (κ2) is 9.79. The minimum atomic E-state index is 0. The zero-order valence-corrected chi connectivity index (χ0v) is 13.8. The Bertz CT molecular complexity index is 289. The van der Waals surface area contributed by atoms with Gasteiger partial charge in [0.25, 0.3) is 0 Å². The van der Waals surface area contributed by atoms with Crippen LogP contribution in [0.15, 0.2) is 0 Å². The Morgan fingerprint density at radius 1 is 1.25 bits per heavy atom. The van der Waals surface area contributed by atoms with E-state index in [0.717, 1.165) is 45.8 Å². The molecule has 7 heteroatoms. The molecule has 0 bridgehead atoms. The maximum atomic E-state index is 12.0. The third-order valence-corrected chi connectivity index (χ3v) is 4.03. The van der Waals surface area contributed by atoms with Gasteiger partial charge >= 0.3 is 0 Å². The Balaban J connectivity index is 0.00000180. The molecule has 2 unspecified atom stereocenters. The molecule has 0 aromatic heterocycles. The van der Waals surface area contributed by atoms with Crippen molar-refractivity contribution in [2.24, 2.45) is 11.7 Å². The molecule has 2 saturated heterocycles. The fraction of sp³-hybridized carbons (Fsp3) is 0.923. The van der Waals surface area contributed by atoms with E-state index in [1.54, 1.807) is 0 Å². The number of halogens is 2. The van der Waals surface area contributed by atoms with Crippen LogP contribution in [0.4, 0.5) is 0 Å². The lowest BCUT2D eigenvalue weighted by atomic mass is 10.0. The molecule has 2 rings (SSSR count). The number of rotatable bonds is 4. The van der Waals surface area contributed by atoms with E-state index in [1.807, 2.05) is 4.90 Å². The van der Waals surface area contributed by atoms with E-state index in [9.17, 15) is 4.79 Å². The van der Waals surface area contributed by atoms with Gasteiger partial charge in [0.15, 0.2) is 0 Å². The molecule has 2 atom stereocenters. The first-order chi connectivity index (χ1) is 8.72. The molecular formula is C13H27Cl2N3O2. The van der Waals surface area contributed by atoms with Crippen molar-refractivity contribution in [2.45, 2.75) is 25.8 Å². The summed E-state index contributed by atoms with van der Waals surface area (Å²) >= 11 is 0. The standard InChI is InChI=1S/C13H25N3O2.2ClH/c1-11-9-16(13(17)3-2-4-14)10-12(11)15-5-7-18-8-6-15;;/h11-12H,2-10,14H2,1H3;2*1H. The predicted octanol–water partition coefficient (Wildman–Crippen LogP) is 0.748. The van der Waals surface area contributed by atoms with Gasteiger partial charge < -0.3 is 15.4 Å². The molecule has 2 aliphatic rings. The lowest BCUT2D eigenvalue weighted by molar-refractivity contribution is -0.130. The highest BCUT2D eigenvalue weighted by atomic mass is 35.5. The minimum absolute atomic E-state index is 0. The number of nitrogens with zero attached hydrogens (tertiary/aromatic N) is 2. The molecule has 0 aliphatic carbocycles. The van der Waals surface area contributed by atoms with Gasteiger partial charge in [-0.15, -0.1) is 24.8 Å². The van der Waals surface area contributed by atoms with Crippen molar-refractivity contribution in [3.8, 4) is 0 Å². The first-order valence-corrected chi connectivity index (χ1v) is 7.02. The number of amides is 1. The lowest BCUT2D eigenvalue weighted by Gasteiger charge is -2.34. The van der Waals surface area contributed by atoms with Crippen LogP contribution in [0.1, 0.15) is 19.8 Å². The van der Waals surface area contributed by atoms with Crippen LogP contribution >= 0.6 is 24.8 Å². The molecule has 0 saturated carbocycles. The van der Waals surface area contributed by atoms with Crippen LogP contribution in [0, 0.1) is 5.92 Å². The van der Waals surface area contributed by atoms with E-state index in [2.05, 4.69) is 11.8 Å². The van der Waals surface area contributed by atoms with E-state index in [0.29, 0.717) is 24.9 Å². The Kier molecular flexibility index (Phi) is 9.76. The third kappa shape index (κ3) is 5.04. The Morgan fingerprint density at radius 2 is 1.90 bits per heavy atom. The van der Waals surface area contributed by atoms with Gasteiger partial charge in [0.1, 0.15) is 0 Å². The van der Waals surface area contributed by atoms with Crippen LogP contribution in [0.2, 0.25) is 0 Å². The maximum Gasteiger partial charge on any atom is 0.222 e. The van der Waals surface area contributed by atoms with Crippen molar-refractivity contribution in [1.82, 2.24) is 9.80 Å². The summed E-state index contributed by atoms with van der Waals surface area (Å²) in [6, 6.07) is 0.510. The molecule has 2 aliphatic heterocycles. The summed E-state index contributed by atoms with van der Waals surface area (Å²) in [6.07, 6.45) is 1.39. The van der Waals surface area contributed by atoms with Gasteiger partial charge in [0.2, 0.25) is 5.91 Å². The van der Waals surface area contributed by atoms with Gasteiger partial charge in [0, 0.05) is 38.6 Å². The molecule has 1 amide bonds. The number of hydrogen-bond acceptors (Lipinski definition) is 4. The number of nitrogens with two attached hydrogens (primary N) is 1. The summed E-state index contributed by atoms with van der Waals surface area (Å²) in [5.74, 6) is 0.827. The van der Waals surface area contributed by atoms with Crippen molar-refractivity contribution in [3.63, 3.8) is 0 Å². The van der Waals surface area contributed by atoms with Crippen molar-refractivity contribution in [2.75, 3.05) is 45.9 Å². The van der Waals surface area contributed by atoms with Crippen LogP contribution < -0.4 is 5.73 Å². The monoisotopic (exact) mass is 327 g/mol. The smallest absolute Gasteiger partial charge is 0.222 e. The van der Waals surface area contributed by atoms with Gasteiger partial charge in [-0.05, 0) is 18.9 Å². The highest BCUT2D eigenvalue weighted by molar-refractivity contribution is 5.85. The van der Waals surface area contributed by atoms with E-state index in [-0.39, 0.29) is 30.7 Å². The molecule has 120 valence electrons. The van der Waals surface area contributed by atoms with Gasteiger partial charge in [-0.3, -0.25) is 9.69 Å². The van der Waals surface area contributed by atoms with E-state index < -0.39 is 0 Å². The SMILES string of the molecule is CC1CN(C(=O)CCCN)CC1N1CCOCC1.Cl.Cl. The average Bonchev–Trinajstić information content (AvgIpc) is 2.79. The fourth-order valence-corrected chi connectivity index (χ4v) is 2.95. The topological polar surface area (TPSA) is 58.8 Å². The minimum Gasteiger partial charge on any atom is -0.379 e. The van der Waals surface area contributed by atoms with E-state index in [1.165, 1.54) is 0 Å². The van der Waals surface area contributed by atoms with E-state index >= 15 is 0 Å². The summed E-state index contributed by atoms with van der Waals surface area (Å²) < 4.78 is 5.39. The number of hydrogen-bond donors (Lipinski definition) is 1. The summed E-state index contributed by atoms with van der Waals surface area (Å²) in [5.41, 5.74) is 5.45. The second-order valence-electron chi connectivity index (χ2n) is 5.38. The Labute approximate surface area is 134 Å². The lowest BCUT2D eigenvalue weighted by Crippen LogP contribution is -2.47. The van der Waals surface area contributed by atoms with E-state index in [4.69, 9.17) is 10.5 Å². The summed E-state index contributed by atoms with van der Waals surface area (Å²) in [5, 5.41) is 0. The highest BCUT2D eigenvalue weighted by Crippen LogP contribution is 2.23. The van der Waals surface area contributed by atoms with Crippen molar-refractivity contribution < 1.29 is 9.53 Å². The van der Waals surface area contributed by atoms with Gasteiger partial charge in [-0.1, -0.05) is 6.92 Å². The zero-order chi connectivity index (χ0) is 13.0. The number of carbonyl (C=O) groups is 1. The zero-order valence-electron chi connectivity index (χ0n) is 12.1. The number of morpholine rings is 1. The molecular weight excluding hydrogens is 301 g/mol. The van der Waals surface area contributed by atoms with Crippen molar-refractivity contribution in [1.29, 1.82) is 0 Å². The predicted molar refractivity (Wildman–Crippen MR) is 84.7 cm³/mol. The normalized spacial score (nSPS) is 26.8. The van der Waals surface area contributed by atoms with Crippen LogP contribution in [-0.2, 0) is 9.53 Å². The summed E-state index contributed by atoms with van der Waals surface area (Å²) in [6.45, 7) is 8.27. The molecule has 5 nitrogen and oxygen atoms in total. The van der Waals surface area contributed by atoms with Gasteiger partial charge in [0.05, 0.1) is 13.2 Å². The number of carbonyl (C=O) groups excluding carboxylic acids is 1. The number of ether oxygens (including phenoxy) is 1. The molecule has 0 aromatic carbocycles. The Hall–Kier alpha value is -0.0700. The molecule has 2 heterocycles.